The molecule has 0 amide bonds. The SMILES string of the molecule is COc1cn(C(CCO[Si](c2ccccc2)(c2ccccc2)C(C)(C)C)C(=O)OCc2ccccc2)c(=O)cc1-c1cc(Cl)ccc1C#N. The highest BCUT2D eigenvalue weighted by atomic mass is 35.5. The fourth-order valence-corrected chi connectivity index (χ4v) is 11.0. The number of ether oxygens (including phenoxy) is 2. The Bertz CT molecular complexity index is 1950. The van der Waals surface area contributed by atoms with E-state index in [0.717, 1.165) is 15.9 Å². The molecule has 5 rings (SSSR count). The van der Waals surface area contributed by atoms with Crippen molar-refractivity contribution in [2.75, 3.05) is 13.7 Å². The van der Waals surface area contributed by atoms with E-state index >= 15 is 0 Å². The minimum Gasteiger partial charge on any atom is -0.495 e. The number of rotatable bonds is 12. The Morgan fingerprint density at radius 1 is 0.878 bits per heavy atom. The third kappa shape index (κ3) is 7.70. The van der Waals surface area contributed by atoms with Crippen LogP contribution in [0.2, 0.25) is 10.1 Å². The molecule has 0 saturated heterocycles. The van der Waals surface area contributed by atoms with E-state index in [9.17, 15) is 14.9 Å². The van der Waals surface area contributed by atoms with E-state index in [1.807, 2.05) is 66.7 Å². The van der Waals surface area contributed by atoms with Crippen LogP contribution in [0.25, 0.3) is 11.1 Å². The molecule has 49 heavy (non-hydrogen) atoms. The quantitative estimate of drug-likeness (QED) is 0.101. The largest absolute Gasteiger partial charge is 0.495 e. The highest BCUT2D eigenvalue weighted by molar-refractivity contribution is 6.99. The summed E-state index contributed by atoms with van der Waals surface area (Å²) < 4.78 is 20.0. The van der Waals surface area contributed by atoms with Crippen LogP contribution < -0.4 is 20.7 Å². The average molecular weight is 691 g/mol. The standard InChI is InChI=1S/C40H39ClN2O5Si/c1-40(2,3)49(32-16-10-6-11-17-32,33-18-12-7-13-19-33)48-23-22-36(39(45)47-28-29-14-8-5-9-15-29)43-27-37(46-4)35(25-38(43)44)34-24-31(41)21-20-30(34)26-42/h5-21,24-25,27,36H,22-23,28H2,1-4H3. The number of carbonyl (C=O) groups is 1. The number of benzene rings is 4. The molecule has 0 N–H and O–H groups in total. The summed E-state index contributed by atoms with van der Waals surface area (Å²) in [7, 11) is -1.46. The minimum atomic E-state index is -2.93. The highest BCUT2D eigenvalue weighted by Gasteiger charge is 2.50. The van der Waals surface area contributed by atoms with Crippen molar-refractivity contribution in [2.24, 2.45) is 0 Å². The Balaban J connectivity index is 1.55. The summed E-state index contributed by atoms with van der Waals surface area (Å²) in [5.74, 6) is -0.278. The van der Waals surface area contributed by atoms with Crippen LogP contribution in [-0.2, 0) is 20.6 Å². The fraction of sp³-hybridized carbons (Fsp3) is 0.225. The van der Waals surface area contributed by atoms with Crippen LogP contribution >= 0.6 is 11.6 Å². The fourth-order valence-electron chi connectivity index (χ4n) is 6.26. The van der Waals surface area contributed by atoms with Crippen LogP contribution in [0.15, 0.2) is 126 Å². The monoisotopic (exact) mass is 690 g/mol. The molecule has 9 heteroatoms. The summed E-state index contributed by atoms with van der Waals surface area (Å²) in [4.78, 5) is 27.8. The third-order valence-electron chi connectivity index (χ3n) is 8.61. The Morgan fingerprint density at radius 3 is 2.02 bits per heavy atom. The van der Waals surface area contributed by atoms with E-state index in [2.05, 4.69) is 51.1 Å². The third-order valence-corrected chi connectivity index (χ3v) is 13.9. The number of hydrogen-bond donors (Lipinski definition) is 0. The van der Waals surface area contributed by atoms with Crippen molar-refractivity contribution in [3.63, 3.8) is 0 Å². The van der Waals surface area contributed by atoms with E-state index < -0.39 is 25.9 Å². The maximum atomic E-state index is 13.9. The summed E-state index contributed by atoms with van der Waals surface area (Å²) in [6, 6.07) is 37.2. The zero-order valence-corrected chi connectivity index (χ0v) is 29.8. The van der Waals surface area contributed by atoms with Gasteiger partial charge >= 0.3 is 5.97 Å². The van der Waals surface area contributed by atoms with Crippen LogP contribution in [-0.4, -0.2) is 32.6 Å². The Morgan fingerprint density at radius 2 is 1.47 bits per heavy atom. The number of esters is 1. The number of aromatic nitrogens is 1. The van der Waals surface area contributed by atoms with Gasteiger partial charge < -0.3 is 13.9 Å². The van der Waals surface area contributed by atoms with Gasteiger partial charge in [0.1, 0.15) is 18.4 Å². The number of pyridine rings is 1. The average Bonchev–Trinajstić information content (AvgIpc) is 3.11. The molecule has 1 heterocycles. The number of nitriles is 1. The van der Waals surface area contributed by atoms with E-state index in [-0.39, 0.29) is 24.7 Å². The molecular formula is C40H39ClN2O5Si. The second-order valence-electron chi connectivity index (χ2n) is 12.7. The van der Waals surface area contributed by atoms with Gasteiger partial charge in [0.15, 0.2) is 0 Å². The summed E-state index contributed by atoms with van der Waals surface area (Å²) in [6.07, 6.45) is 1.65. The predicted molar refractivity (Wildman–Crippen MR) is 196 cm³/mol. The van der Waals surface area contributed by atoms with Gasteiger partial charge in [-0.3, -0.25) is 9.36 Å². The number of methoxy groups -OCH3 is 1. The molecule has 0 fully saturated rings. The van der Waals surface area contributed by atoms with Crippen LogP contribution in [0.3, 0.4) is 0 Å². The topological polar surface area (TPSA) is 90.5 Å². The van der Waals surface area contributed by atoms with Crippen molar-refractivity contribution in [1.82, 2.24) is 4.57 Å². The Kier molecular flexibility index (Phi) is 11.2. The van der Waals surface area contributed by atoms with Crippen molar-refractivity contribution >= 4 is 36.3 Å². The highest BCUT2D eigenvalue weighted by Crippen LogP contribution is 2.38. The van der Waals surface area contributed by atoms with Crippen molar-refractivity contribution in [2.45, 2.75) is 44.9 Å². The molecule has 0 aliphatic rings. The van der Waals surface area contributed by atoms with E-state index in [4.69, 9.17) is 25.5 Å². The van der Waals surface area contributed by atoms with Crippen molar-refractivity contribution < 1.29 is 18.7 Å². The van der Waals surface area contributed by atoms with Crippen LogP contribution in [0.4, 0.5) is 0 Å². The van der Waals surface area contributed by atoms with Crippen molar-refractivity contribution in [3.05, 3.63) is 148 Å². The van der Waals surface area contributed by atoms with Gasteiger partial charge in [-0.15, -0.1) is 0 Å². The molecule has 250 valence electrons. The number of carbonyl (C=O) groups excluding carboxylic acids is 1. The lowest BCUT2D eigenvalue weighted by molar-refractivity contribution is -0.149. The van der Waals surface area contributed by atoms with Crippen molar-refractivity contribution in [1.29, 1.82) is 5.26 Å². The zero-order chi connectivity index (χ0) is 35.0. The van der Waals surface area contributed by atoms with Crippen LogP contribution in [0.1, 0.15) is 44.4 Å². The van der Waals surface area contributed by atoms with Gasteiger partial charge in [-0.2, -0.15) is 5.26 Å². The molecular weight excluding hydrogens is 652 g/mol. The first-order valence-corrected chi connectivity index (χ1v) is 18.3. The molecule has 5 aromatic rings. The van der Waals surface area contributed by atoms with Gasteiger partial charge in [0, 0.05) is 35.2 Å². The van der Waals surface area contributed by atoms with Gasteiger partial charge in [-0.25, -0.2) is 4.79 Å². The molecule has 0 aliphatic heterocycles. The lowest BCUT2D eigenvalue weighted by Crippen LogP contribution is -2.66. The summed E-state index contributed by atoms with van der Waals surface area (Å²) in [6.45, 7) is 6.77. The lowest BCUT2D eigenvalue weighted by atomic mass is 10.00. The maximum Gasteiger partial charge on any atom is 0.329 e. The summed E-state index contributed by atoms with van der Waals surface area (Å²) >= 11 is 6.28. The molecule has 0 spiro atoms. The molecule has 7 nitrogen and oxygen atoms in total. The van der Waals surface area contributed by atoms with Gasteiger partial charge in [0.25, 0.3) is 13.9 Å². The molecule has 0 radical (unpaired) electrons. The van der Waals surface area contributed by atoms with Gasteiger partial charge in [-0.05, 0) is 39.2 Å². The van der Waals surface area contributed by atoms with Crippen molar-refractivity contribution in [3.8, 4) is 22.9 Å². The van der Waals surface area contributed by atoms with Crippen LogP contribution in [0, 0.1) is 11.3 Å². The van der Waals surface area contributed by atoms with E-state index in [1.165, 1.54) is 23.9 Å². The molecule has 4 aromatic carbocycles. The normalized spacial score (nSPS) is 12.2. The number of hydrogen-bond acceptors (Lipinski definition) is 6. The summed E-state index contributed by atoms with van der Waals surface area (Å²) in [5, 5.41) is 12.1. The molecule has 1 atom stereocenters. The van der Waals surface area contributed by atoms with Gasteiger partial charge in [0.05, 0.1) is 24.9 Å². The first-order chi connectivity index (χ1) is 23.6. The Labute approximate surface area is 293 Å². The smallest absolute Gasteiger partial charge is 0.329 e. The van der Waals surface area contributed by atoms with Crippen LogP contribution in [0.5, 0.6) is 5.75 Å². The maximum absolute atomic E-state index is 13.9. The zero-order valence-electron chi connectivity index (χ0n) is 28.1. The number of nitrogens with zero attached hydrogens (tertiary/aromatic N) is 2. The van der Waals surface area contributed by atoms with E-state index in [0.29, 0.717) is 27.5 Å². The summed E-state index contributed by atoms with van der Waals surface area (Å²) in [5.41, 5.74) is 1.53. The Hall–Kier alpha value is -4.94. The molecule has 0 aliphatic carbocycles. The second-order valence-corrected chi connectivity index (χ2v) is 17.5. The second kappa shape index (κ2) is 15.5. The number of halogens is 1. The van der Waals surface area contributed by atoms with Gasteiger partial charge in [-0.1, -0.05) is 123 Å². The van der Waals surface area contributed by atoms with E-state index in [1.54, 1.807) is 18.2 Å². The lowest BCUT2D eigenvalue weighted by Gasteiger charge is -2.43. The first-order valence-electron chi connectivity index (χ1n) is 16.0. The predicted octanol–water partition coefficient (Wildman–Crippen LogP) is 7.30. The molecule has 0 saturated carbocycles. The first kappa shape index (κ1) is 35.4. The molecule has 0 bridgehead atoms. The molecule has 1 unspecified atom stereocenters. The van der Waals surface area contributed by atoms with Gasteiger partial charge in [0.2, 0.25) is 0 Å². The molecule has 1 aromatic heterocycles. The minimum absolute atomic E-state index is 0.0454.